The van der Waals surface area contributed by atoms with Crippen LogP contribution in [0.25, 0.3) is 10.9 Å². The van der Waals surface area contributed by atoms with Gasteiger partial charge in [-0.3, -0.25) is 0 Å². The van der Waals surface area contributed by atoms with Crippen molar-refractivity contribution in [1.82, 2.24) is 20.0 Å². The molecule has 0 saturated heterocycles. The van der Waals surface area contributed by atoms with E-state index in [0.29, 0.717) is 22.3 Å². The number of nitrogens with one attached hydrogen (secondary N) is 1. The van der Waals surface area contributed by atoms with Gasteiger partial charge in [0.1, 0.15) is 47.8 Å². The van der Waals surface area contributed by atoms with Crippen LogP contribution >= 0.6 is 11.6 Å². The number of aromatic nitrogens is 3. The molecule has 0 amide bonds. The average molecular weight is 468 g/mol. The first-order chi connectivity index (χ1) is 15.9. The molecule has 33 heavy (non-hydrogen) atoms. The van der Waals surface area contributed by atoms with Crippen LogP contribution in [0.2, 0.25) is 5.02 Å². The van der Waals surface area contributed by atoms with Crippen LogP contribution in [-0.2, 0) is 6.61 Å². The highest BCUT2D eigenvalue weighted by Gasteiger charge is 2.14. The Kier molecular flexibility index (Phi) is 6.96. The zero-order valence-electron chi connectivity index (χ0n) is 19.0. The van der Waals surface area contributed by atoms with Gasteiger partial charge in [-0.05, 0) is 58.3 Å². The van der Waals surface area contributed by atoms with Gasteiger partial charge in [-0.15, -0.1) is 0 Å². The van der Waals surface area contributed by atoms with Crippen LogP contribution in [0.3, 0.4) is 0 Å². The van der Waals surface area contributed by atoms with E-state index in [1.807, 2.05) is 58.3 Å². The first kappa shape index (κ1) is 22.8. The highest BCUT2D eigenvalue weighted by atomic mass is 35.5. The van der Waals surface area contributed by atoms with Crippen LogP contribution in [0.15, 0.2) is 53.3 Å². The summed E-state index contributed by atoms with van der Waals surface area (Å²) in [6.45, 7) is 4.93. The molecule has 0 fully saturated rings. The second kappa shape index (κ2) is 10.1. The molecular weight excluding hydrogens is 442 g/mol. The Balaban J connectivity index is 1.55. The van der Waals surface area contributed by atoms with Gasteiger partial charge in [0.05, 0.1) is 15.9 Å². The summed E-state index contributed by atoms with van der Waals surface area (Å²) in [5.41, 5.74) is 2.26. The van der Waals surface area contributed by atoms with E-state index < -0.39 is 0 Å². The third-order valence-electron chi connectivity index (χ3n) is 4.82. The highest BCUT2D eigenvalue weighted by Crippen LogP contribution is 2.34. The smallest absolute Gasteiger partial charge is 0.145 e. The fraction of sp³-hybridized carbons (Fsp3) is 0.292. The maximum Gasteiger partial charge on any atom is 0.145 e. The van der Waals surface area contributed by atoms with Crippen LogP contribution in [0, 0.1) is 6.92 Å². The Morgan fingerprint density at radius 2 is 1.97 bits per heavy atom. The molecule has 0 radical (unpaired) electrons. The van der Waals surface area contributed by atoms with E-state index in [1.165, 1.54) is 6.33 Å². The third-order valence-corrected chi connectivity index (χ3v) is 5.12. The number of anilines is 2. The third kappa shape index (κ3) is 5.71. The van der Waals surface area contributed by atoms with Crippen molar-refractivity contribution in [2.75, 3.05) is 26.0 Å². The Bertz CT molecular complexity index is 1240. The van der Waals surface area contributed by atoms with Gasteiger partial charge in [-0.2, -0.15) is 0 Å². The van der Waals surface area contributed by atoms with Gasteiger partial charge in [0.15, 0.2) is 0 Å². The molecule has 2 heterocycles. The van der Waals surface area contributed by atoms with Crippen molar-refractivity contribution < 1.29 is 14.0 Å². The van der Waals surface area contributed by atoms with Gasteiger partial charge in [-0.25, -0.2) is 9.97 Å². The number of fused-ring (bicyclic) bond motifs is 1. The lowest BCUT2D eigenvalue weighted by Crippen LogP contribution is -2.28. The van der Waals surface area contributed by atoms with Crippen LogP contribution in [0.5, 0.6) is 11.5 Å². The molecule has 1 unspecified atom stereocenters. The lowest BCUT2D eigenvalue weighted by atomic mass is 10.2. The minimum atomic E-state index is -0.00182. The van der Waals surface area contributed by atoms with E-state index in [4.69, 9.17) is 25.6 Å². The summed E-state index contributed by atoms with van der Waals surface area (Å²) in [5.74, 6) is 2.64. The van der Waals surface area contributed by atoms with Crippen molar-refractivity contribution in [3.8, 4) is 11.5 Å². The van der Waals surface area contributed by atoms with Crippen LogP contribution in [-0.4, -0.2) is 46.8 Å². The fourth-order valence-corrected chi connectivity index (χ4v) is 3.74. The molecule has 0 saturated carbocycles. The van der Waals surface area contributed by atoms with Gasteiger partial charge in [0.2, 0.25) is 0 Å². The highest BCUT2D eigenvalue weighted by molar-refractivity contribution is 6.32. The molecule has 9 heteroatoms. The molecule has 0 aliphatic heterocycles. The summed E-state index contributed by atoms with van der Waals surface area (Å²) in [6.07, 6.45) is 1.52. The number of halogens is 1. The number of hydrogen-bond donors (Lipinski definition) is 1. The fourth-order valence-electron chi connectivity index (χ4n) is 3.51. The number of aryl methyl sites for hydroxylation is 1. The molecule has 0 aliphatic rings. The van der Waals surface area contributed by atoms with Crippen molar-refractivity contribution in [2.45, 2.75) is 26.6 Å². The minimum absolute atomic E-state index is 0.00182. The molecule has 0 bridgehead atoms. The molecule has 8 nitrogen and oxygen atoms in total. The number of hydrogen-bond acceptors (Lipinski definition) is 8. The van der Waals surface area contributed by atoms with E-state index >= 15 is 0 Å². The Hall–Kier alpha value is -3.36. The maximum absolute atomic E-state index is 6.46. The standard InChI is InChI=1S/C24H26ClN5O3/c1-15-10-18(29-33-15)13-31-21-9-8-17(11-19(21)25)28-24-23-20(26-14-27-24)6-5-7-22(23)32-16(2)12-30(3)4/h5-11,14,16H,12-13H2,1-4H3,(H,26,27,28). The van der Waals surface area contributed by atoms with E-state index in [-0.39, 0.29) is 12.7 Å². The quantitative estimate of drug-likeness (QED) is 0.358. The summed E-state index contributed by atoms with van der Waals surface area (Å²) in [4.78, 5) is 10.9. The molecule has 4 rings (SSSR count). The number of likely N-dealkylation sites (N-methyl/N-ethyl adjacent to an activating group) is 1. The molecular formula is C24H26ClN5O3. The predicted molar refractivity (Wildman–Crippen MR) is 128 cm³/mol. The SMILES string of the molecule is Cc1cc(COc2ccc(Nc3ncnc4cccc(OC(C)CN(C)C)c34)cc2Cl)no1. The van der Waals surface area contributed by atoms with Crippen molar-refractivity contribution in [3.63, 3.8) is 0 Å². The second-order valence-corrected chi connectivity index (χ2v) is 8.46. The predicted octanol–water partition coefficient (Wildman–Crippen LogP) is 5.23. The minimum Gasteiger partial charge on any atom is -0.489 e. The molecule has 1 N–H and O–H groups in total. The van der Waals surface area contributed by atoms with Gasteiger partial charge < -0.3 is 24.2 Å². The lowest BCUT2D eigenvalue weighted by Gasteiger charge is -2.20. The van der Waals surface area contributed by atoms with Crippen molar-refractivity contribution in [2.24, 2.45) is 0 Å². The summed E-state index contributed by atoms with van der Waals surface area (Å²) in [6, 6.07) is 13.1. The van der Waals surface area contributed by atoms with E-state index in [2.05, 4.69) is 25.3 Å². The summed E-state index contributed by atoms with van der Waals surface area (Å²) >= 11 is 6.46. The topological polar surface area (TPSA) is 85.5 Å². The number of nitrogens with zero attached hydrogens (tertiary/aromatic N) is 4. The summed E-state index contributed by atoms with van der Waals surface area (Å²) in [7, 11) is 4.03. The number of ether oxygens (including phenoxy) is 2. The van der Waals surface area contributed by atoms with Crippen LogP contribution < -0.4 is 14.8 Å². The van der Waals surface area contributed by atoms with Crippen LogP contribution in [0.1, 0.15) is 18.4 Å². The van der Waals surface area contributed by atoms with Gasteiger partial charge in [0, 0.05) is 18.3 Å². The molecule has 2 aromatic heterocycles. The first-order valence-corrected chi connectivity index (χ1v) is 10.9. The first-order valence-electron chi connectivity index (χ1n) is 10.6. The largest absolute Gasteiger partial charge is 0.489 e. The van der Waals surface area contributed by atoms with E-state index in [1.54, 1.807) is 12.1 Å². The van der Waals surface area contributed by atoms with E-state index in [0.717, 1.165) is 34.6 Å². The van der Waals surface area contributed by atoms with Crippen molar-refractivity contribution in [3.05, 3.63) is 65.3 Å². The van der Waals surface area contributed by atoms with Gasteiger partial charge >= 0.3 is 0 Å². The lowest BCUT2D eigenvalue weighted by molar-refractivity contribution is 0.179. The van der Waals surface area contributed by atoms with Crippen molar-refractivity contribution >= 4 is 34.0 Å². The zero-order valence-corrected chi connectivity index (χ0v) is 19.8. The van der Waals surface area contributed by atoms with Crippen molar-refractivity contribution in [1.29, 1.82) is 0 Å². The van der Waals surface area contributed by atoms with E-state index in [9.17, 15) is 0 Å². The number of benzene rings is 2. The Morgan fingerprint density at radius 1 is 1.12 bits per heavy atom. The Labute approximate surface area is 197 Å². The van der Waals surface area contributed by atoms with Gasteiger partial charge in [0.25, 0.3) is 0 Å². The monoisotopic (exact) mass is 467 g/mol. The molecule has 0 spiro atoms. The normalized spacial score (nSPS) is 12.2. The van der Waals surface area contributed by atoms with Gasteiger partial charge in [-0.1, -0.05) is 22.8 Å². The maximum atomic E-state index is 6.46. The Morgan fingerprint density at radius 3 is 2.70 bits per heavy atom. The average Bonchev–Trinajstić information content (AvgIpc) is 3.18. The molecule has 2 aromatic carbocycles. The molecule has 172 valence electrons. The molecule has 4 aromatic rings. The summed E-state index contributed by atoms with van der Waals surface area (Å²) < 4.78 is 17.0. The zero-order chi connectivity index (χ0) is 23.4. The second-order valence-electron chi connectivity index (χ2n) is 8.05. The van der Waals surface area contributed by atoms with Crippen LogP contribution in [0.4, 0.5) is 11.5 Å². The number of rotatable bonds is 9. The summed E-state index contributed by atoms with van der Waals surface area (Å²) in [5, 5.41) is 8.54. The molecule has 1 atom stereocenters. The molecule has 0 aliphatic carbocycles.